The lowest BCUT2D eigenvalue weighted by molar-refractivity contribution is 0.234. The molecule has 1 heterocycles. The van der Waals surface area contributed by atoms with Gasteiger partial charge in [0, 0.05) is 13.1 Å². The predicted molar refractivity (Wildman–Crippen MR) is 119 cm³/mol. The summed E-state index contributed by atoms with van der Waals surface area (Å²) in [6, 6.07) is 4.17. The first kappa shape index (κ1) is 24.5. The zero-order chi connectivity index (χ0) is 23.1. The Kier molecular flexibility index (Phi) is 8.53. The first-order valence-corrected chi connectivity index (χ1v) is 12.4. The van der Waals surface area contributed by atoms with Crippen molar-refractivity contribution in [1.82, 2.24) is 20.5 Å². The second kappa shape index (κ2) is 11.1. The molecule has 0 radical (unpaired) electrons. The molecule has 1 aromatic heterocycles. The molecule has 0 aliphatic heterocycles. The van der Waals surface area contributed by atoms with E-state index in [1.165, 1.54) is 18.2 Å². The minimum atomic E-state index is -3.64. The predicted octanol–water partition coefficient (Wildman–Crippen LogP) is 2.43. The van der Waals surface area contributed by atoms with Crippen LogP contribution in [0.1, 0.15) is 37.8 Å². The van der Waals surface area contributed by atoms with Crippen molar-refractivity contribution in [1.29, 1.82) is 0 Å². The van der Waals surface area contributed by atoms with Crippen molar-refractivity contribution in [2.75, 3.05) is 18.4 Å². The number of benzene rings is 1. The normalized spacial score (nSPS) is 19.7. The van der Waals surface area contributed by atoms with Crippen molar-refractivity contribution in [3.05, 3.63) is 34.2 Å². The van der Waals surface area contributed by atoms with Crippen molar-refractivity contribution in [2.24, 2.45) is 22.0 Å². The number of nitrogens with two attached hydrogens (primary N) is 1. The number of hydroxylamine groups is 1. The molecule has 2 aromatic rings. The molecular formula is C18H25BrFN7O4S. The van der Waals surface area contributed by atoms with E-state index in [2.05, 4.69) is 41.3 Å². The molecule has 0 unspecified atom stereocenters. The lowest BCUT2D eigenvalue weighted by atomic mass is 9.80. The Morgan fingerprint density at radius 1 is 1.28 bits per heavy atom. The zero-order valence-corrected chi connectivity index (χ0v) is 19.5. The third kappa shape index (κ3) is 7.20. The first-order valence-electron chi connectivity index (χ1n) is 10.0. The highest BCUT2D eigenvalue weighted by Crippen LogP contribution is 2.31. The van der Waals surface area contributed by atoms with Crippen LogP contribution in [0.3, 0.4) is 0 Å². The summed E-state index contributed by atoms with van der Waals surface area (Å²) in [5.74, 6) is 0.752. The Hall–Kier alpha value is -2.13. The molecule has 0 amide bonds. The molecule has 176 valence electrons. The molecule has 3 rings (SSSR count). The number of nitrogens with one attached hydrogen (secondary N) is 3. The van der Waals surface area contributed by atoms with E-state index in [0.717, 1.165) is 32.1 Å². The van der Waals surface area contributed by atoms with Gasteiger partial charge >= 0.3 is 0 Å². The summed E-state index contributed by atoms with van der Waals surface area (Å²) in [7, 11) is -3.64. The molecule has 0 spiro atoms. The zero-order valence-electron chi connectivity index (χ0n) is 17.1. The topological polar surface area (TPSA) is 168 Å². The molecular weight excluding hydrogens is 509 g/mol. The number of aliphatic imine (C=N–C) groups is 1. The SMILES string of the molecule is NS(=O)(=O)NCCC1CCC(CNc2nonc2C(=Nc2ccc(F)c(Br)c2)NO)CC1. The maximum atomic E-state index is 13.4. The molecule has 14 heteroatoms. The number of nitrogens with zero attached hydrogens (tertiary/aromatic N) is 3. The molecule has 1 aliphatic carbocycles. The molecule has 6 N–H and O–H groups in total. The lowest BCUT2D eigenvalue weighted by Gasteiger charge is -2.28. The largest absolute Gasteiger partial charge is 0.365 e. The molecule has 32 heavy (non-hydrogen) atoms. The Morgan fingerprint density at radius 3 is 2.66 bits per heavy atom. The number of rotatable bonds is 9. The average Bonchev–Trinajstić information content (AvgIpc) is 3.21. The highest BCUT2D eigenvalue weighted by molar-refractivity contribution is 9.10. The quantitative estimate of drug-likeness (QED) is 0.186. The Labute approximate surface area is 193 Å². The van der Waals surface area contributed by atoms with Crippen molar-refractivity contribution >= 4 is 43.5 Å². The molecule has 0 saturated heterocycles. The van der Waals surface area contributed by atoms with Crippen molar-refractivity contribution in [3.8, 4) is 0 Å². The van der Waals surface area contributed by atoms with Gasteiger partial charge in [0.2, 0.25) is 5.82 Å². The van der Waals surface area contributed by atoms with E-state index in [1.807, 2.05) is 5.48 Å². The summed E-state index contributed by atoms with van der Waals surface area (Å²) in [5, 5.41) is 25.3. The van der Waals surface area contributed by atoms with E-state index >= 15 is 0 Å². The van der Waals surface area contributed by atoms with Crippen LogP contribution in [0.4, 0.5) is 15.9 Å². The summed E-state index contributed by atoms with van der Waals surface area (Å²) < 4.78 is 42.7. The number of aromatic nitrogens is 2. The summed E-state index contributed by atoms with van der Waals surface area (Å²) >= 11 is 3.09. The number of halogens is 2. The molecule has 0 atom stereocenters. The minimum absolute atomic E-state index is 0.00155. The van der Waals surface area contributed by atoms with Crippen molar-refractivity contribution in [3.63, 3.8) is 0 Å². The summed E-state index contributed by atoms with van der Waals surface area (Å²) in [6.07, 6.45) is 4.71. The lowest BCUT2D eigenvalue weighted by Crippen LogP contribution is -2.33. The van der Waals surface area contributed by atoms with Crippen LogP contribution in [-0.2, 0) is 10.2 Å². The monoisotopic (exact) mass is 533 g/mol. The van der Waals surface area contributed by atoms with E-state index in [9.17, 15) is 18.0 Å². The van der Waals surface area contributed by atoms with E-state index < -0.39 is 16.0 Å². The van der Waals surface area contributed by atoms with Gasteiger partial charge in [0.05, 0.1) is 10.2 Å². The maximum Gasteiger partial charge on any atom is 0.274 e. The van der Waals surface area contributed by atoms with Crippen LogP contribution in [-0.4, -0.2) is 42.9 Å². The van der Waals surface area contributed by atoms with Gasteiger partial charge < -0.3 is 5.32 Å². The second-order valence-electron chi connectivity index (χ2n) is 7.63. The third-order valence-electron chi connectivity index (χ3n) is 5.34. The van der Waals surface area contributed by atoms with E-state index in [0.29, 0.717) is 36.4 Å². The smallest absolute Gasteiger partial charge is 0.274 e. The van der Waals surface area contributed by atoms with Gasteiger partial charge in [0.15, 0.2) is 11.5 Å². The number of anilines is 1. The Morgan fingerprint density at radius 2 is 2.00 bits per heavy atom. The van der Waals surface area contributed by atoms with Crippen molar-refractivity contribution < 1.29 is 22.6 Å². The molecule has 11 nitrogen and oxygen atoms in total. The van der Waals surface area contributed by atoms with Gasteiger partial charge in [-0.3, -0.25) is 10.7 Å². The molecule has 1 saturated carbocycles. The number of hydrogen-bond donors (Lipinski definition) is 5. The van der Waals surface area contributed by atoms with E-state index in [1.54, 1.807) is 0 Å². The fourth-order valence-corrected chi connectivity index (χ4v) is 4.41. The average molecular weight is 534 g/mol. The van der Waals surface area contributed by atoms with Crippen LogP contribution < -0.4 is 20.7 Å². The Bertz CT molecular complexity index is 1040. The first-order chi connectivity index (χ1) is 15.2. The van der Waals surface area contributed by atoms with Gasteiger partial charge in [-0.25, -0.2) is 23.9 Å². The minimum Gasteiger partial charge on any atom is -0.365 e. The van der Waals surface area contributed by atoms with Gasteiger partial charge in [-0.2, -0.15) is 8.42 Å². The van der Waals surface area contributed by atoms with Crippen LogP contribution in [0.5, 0.6) is 0 Å². The van der Waals surface area contributed by atoms with Gasteiger partial charge in [-0.15, -0.1) is 0 Å². The van der Waals surface area contributed by atoms with Gasteiger partial charge in [0.25, 0.3) is 10.2 Å². The molecule has 1 fully saturated rings. The number of amidine groups is 1. The van der Waals surface area contributed by atoms with Gasteiger partial charge in [-0.05, 0) is 75.5 Å². The van der Waals surface area contributed by atoms with Gasteiger partial charge in [0.1, 0.15) is 5.82 Å². The van der Waals surface area contributed by atoms with Crippen LogP contribution in [0.15, 0.2) is 32.3 Å². The molecule has 1 aliphatic rings. The fourth-order valence-electron chi connectivity index (χ4n) is 3.65. The van der Waals surface area contributed by atoms with Crippen LogP contribution in [0.2, 0.25) is 0 Å². The van der Waals surface area contributed by atoms with E-state index in [-0.39, 0.29) is 16.0 Å². The highest BCUT2D eigenvalue weighted by atomic mass is 79.9. The van der Waals surface area contributed by atoms with E-state index in [4.69, 9.17) is 9.77 Å². The third-order valence-corrected chi connectivity index (χ3v) is 6.56. The van der Waals surface area contributed by atoms with Crippen LogP contribution in [0.25, 0.3) is 0 Å². The molecule has 0 bridgehead atoms. The maximum absolute atomic E-state index is 13.4. The summed E-state index contributed by atoms with van der Waals surface area (Å²) in [5.41, 5.74) is 2.56. The van der Waals surface area contributed by atoms with Crippen LogP contribution in [0, 0.1) is 17.7 Å². The Balaban J connectivity index is 1.54. The van der Waals surface area contributed by atoms with Crippen molar-refractivity contribution in [2.45, 2.75) is 32.1 Å². The second-order valence-corrected chi connectivity index (χ2v) is 9.86. The summed E-state index contributed by atoms with van der Waals surface area (Å²) in [4.78, 5) is 4.23. The standard InChI is InChI=1S/C18H25BrFN7O4S/c19-14-9-13(5-6-15(14)20)24-18(25-28)16-17(27-31-26-16)22-10-12-3-1-11(2-4-12)7-8-23-32(21,29)30/h5-6,9,11-12,23,28H,1-4,7-8,10H2,(H,22,27)(H,24,25)(H2,21,29,30). The van der Waals surface area contributed by atoms with Crippen LogP contribution >= 0.6 is 15.9 Å². The number of hydrogen-bond acceptors (Lipinski definition) is 8. The summed E-state index contributed by atoms with van der Waals surface area (Å²) in [6.45, 7) is 0.978. The molecule has 1 aromatic carbocycles. The van der Waals surface area contributed by atoms with Gasteiger partial charge in [-0.1, -0.05) is 12.8 Å². The fraction of sp³-hybridized carbons (Fsp3) is 0.500. The highest BCUT2D eigenvalue weighted by Gasteiger charge is 2.23.